The standard InChI is InChI=1S/C56H118O12S8Si4/c1-13-57-77(58-14-2,59-15-3)43-25-37-71-75-41-33-51-47-49(27-29-53(51)55(69)35-45-79(63-19-7,64-20-8)65-21-9)31-39-73-74-40-32-50-28-30-54(56(70)36-46-80(66-22-10,67-23-11)68-24-12)52(48-50)34-42-76-72-38-26-44-78(60-16-4,61-17-5)62-18-6/h49-56,69-70H,13-48H2,1-12H3. The van der Waals surface area contributed by atoms with Gasteiger partial charge in [-0.1, -0.05) is 77.6 Å². The molecule has 0 radical (unpaired) electrons. The van der Waals surface area contributed by atoms with E-state index in [1.165, 1.54) is 87.2 Å². The van der Waals surface area contributed by atoms with Gasteiger partial charge in [-0.05, 0) is 196 Å². The number of thiol groups is 2. The van der Waals surface area contributed by atoms with Gasteiger partial charge < -0.3 is 53.1 Å². The predicted molar refractivity (Wildman–Crippen MR) is 368 cm³/mol. The first-order valence-electron chi connectivity index (χ1n) is 31.6. The summed E-state index contributed by atoms with van der Waals surface area (Å²) in [5.74, 6) is 11.0. The second-order valence-corrected chi connectivity index (χ2v) is 41.0. The fourth-order valence-corrected chi connectivity index (χ4v) is 31.4. The zero-order valence-corrected chi connectivity index (χ0v) is 63.0. The van der Waals surface area contributed by atoms with E-state index >= 15 is 0 Å². The summed E-state index contributed by atoms with van der Waals surface area (Å²) in [7, 11) is 1.70. The molecular formula is C56H118O12S8Si4. The van der Waals surface area contributed by atoms with Crippen LogP contribution in [-0.4, -0.2) is 160 Å². The van der Waals surface area contributed by atoms with E-state index in [0.717, 1.165) is 73.2 Å². The minimum absolute atomic E-state index is 0.310. The van der Waals surface area contributed by atoms with Crippen molar-refractivity contribution in [1.29, 1.82) is 0 Å². The van der Waals surface area contributed by atoms with E-state index in [2.05, 4.69) is 63.1 Å². The summed E-state index contributed by atoms with van der Waals surface area (Å²) in [6, 6.07) is 3.42. The summed E-state index contributed by atoms with van der Waals surface area (Å²) in [6.07, 6.45) is 16.9. The van der Waals surface area contributed by atoms with Crippen molar-refractivity contribution in [2.75, 3.05) is 114 Å². The van der Waals surface area contributed by atoms with Gasteiger partial charge in [-0.25, -0.2) is 0 Å². The number of rotatable bonds is 55. The fraction of sp³-hybridized carbons (Fsp3) is 1.00. The van der Waals surface area contributed by atoms with E-state index in [-0.39, 0.29) is 0 Å². The Balaban J connectivity index is 2.03. The van der Waals surface area contributed by atoms with Crippen molar-refractivity contribution in [3.63, 3.8) is 0 Å². The smallest absolute Gasteiger partial charge is 0.374 e. The van der Waals surface area contributed by atoms with E-state index in [4.69, 9.17) is 78.4 Å². The molecule has 0 spiro atoms. The van der Waals surface area contributed by atoms with Crippen LogP contribution in [0.15, 0.2) is 0 Å². The SMILES string of the molecule is CCO[Si](CCCSSCCC1CC(CCSSCCC2CCC(C(S)CC[Si](OCC)(OCC)OCC)C(CCSSCCC[Si](OCC)(OCC)OCC)C2)CCC1C(S)CC[Si](OCC)(OCC)OCC)(OCC)OCC. The Morgan fingerprint density at radius 2 is 0.562 bits per heavy atom. The average molecular weight is 1350 g/mol. The van der Waals surface area contributed by atoms with E-state index < -0.39 is 35.2 Å². The molecule has 2 aliphatic carbocycles. The van der Waals surface area contributed by atoms with Crippen LogP contribution in [0.3, 0.4) is 0 Å². The molecule has 2 saturated carbocycles. The Morgan fingerprint density at radius 3 is 0.825 bits per heavy atom. The van der Waals surface area contributed by atoms with Crippen LogP contribution in [0.25, 0.3) is 0 Å². The second kappa shape index (κ2) is 49.0. The molecule has 0 heterocycles. The minimum atomic E-state index is -2.73. The minimum Gasteiger partial charge on any atom is -0.374 e. The van der Waals surface area contributed by atoms with Crippen LogP contribution in [0.1, 0.15) is 173 Å². The summed E-state index contributed by atoms with van der Waals surface area (Å²) in [5, 5.41) is 0.620. The third-order valence-corrected chi connectivity index (χ3v) is 36.5. The Labute approximate surface area is 530 Å². The first-order valence-corrected chi connectivity index (χ1v) is 47.8. The molecule has 2 aliphatic rings. The molecule has 80 heavy (non-hydrogen) atoms. The first-order chi connectivity index (χ1) is 38.8. The van der Waals surface area contributed by atoms with E-state index in [9.17, 15) is 0 Å². The Morgan fingerprint density at radius 1 is 0.325 bits per heavy atom. The lowest BCUT2D eigenvalue weighted by Gasteiger charge is -2.40. The normalized spacial score (nSPS) is 21.4. The maximum atomic E-state index is 6.28. The van der Waals surface area contributed by atoms with Gasteiger partial charge in [0.15, 0.2) is 0 Å². The van der Waals surface area contributed by atoms with Crippen molar-refractivity contribution in [2.24, 2.45) is 35.5 Å². The molecular weight excluding hydrogens is 1230 g/mol. The van der Waals surface area contributed by atoms with Gasteiger partial charge in [-0.15, -0.1) is 0 Å². The van der Waals surface area contributed by atoms with E-state index in [0.29, 0.717) is 113 Å². The molecule has 8 unspecified atom stereocenters. The Bertz CT molecular complexity index is 1290. The van der Waals surface area contributed by atoms with Gasteiger partial charge in [0.25, 0.3) is 0 Å². The molecule has 0 saturated heterocycles. The number of hydrogen-bond donors (Lipinski definition) is 2. The highest BCUT2D eigenvalue weighted by molar-refractivity contribution is 8.77. The van der Waals surface area contributed by atoms with Crippen molar-refractivity contribution in [3.05, 3.63) is 0 Å². The first kappa shape index (κ1) is 79.3. The van der Waals surface area contributed by atoms with Crippen LogP contribution < -0.4 is 0 Å². The molecule has 0 aromatic carbocycles. The van der Waals surface area contributed by atoms with Crippen LogP contribution in [0, 0.1) is 35.5 Å². The molecule has 12 nitrogen and oxygen atoms in total. The lowest BCUT2D eigenvalue weighted by molar-refractivity contribution is 0.0688. The summed E-state index contributed by atoms with van der Waals surface area (Å²) in [6.45, 7) is 32.0. The van der Waals surface area contributed by atoms with Crippen molar-refractivity contribution >= 4 is 125 Å². The molecule has 0 aromatic heterocycles. The molecule has 478 valence electrons. The highest BCUT2D eigenvalue weighted by Gasteiger charge is 2.45. The highest BCUT2D eigenvalue weighted by atomic mass is 33.1. The zero-order chi connectivity index (χ0) is 58.8. The maximum Gasteiger partial charge on any atom is 0.500 e. The molecule has 2 rings (SSSR count). The highest BCUT2D eigenvalue weighted by Crippen LogP contribution is 2.46. The zero-order valence-electron chi connectivity index (χ0n) is 52.3. The average Bonchev–Trinajstić information content (AvgIpc) is 3.44. The Kier molecular flexibility index (Phi) is 48.5. The Hall–Kier alpha value is 3.19. The van der Waals surface area contributed by atoms with Crippen molar-refractivity contribution in [3.8, 4) is 0 Å². The van der Waals surface area contributed by atoms with Gasteiger partial charge in [0.05, 0.1) is 0 Å². The van der Waals surface area contributed by atoms with Gasteiger partial charge in [-0.3, -0.25) is 0 Å². The molecule has 8 atom stereocenters. The van der Waals surface area contributed by atoms with Crippen molar-refractivity contribution < 1.29 is 53.1 Å². The molecule has 24 heteroatoms. The summed E-state index contributed by atoms with van der Waals surface area (Å²) in [5.41, 5.74) is 0. The van der Waals surface area contributed by atoms with Gasteiger partial charge in [0.2, 0.25) is 0 Å². The van der Waals surface area contributed by atoms with Crippen LogP contribution >= 0.6 is 90.0 Å². The third kappa shape index (κ3) is 31.8. The monoisotopic (exact) mass is 1350 g/mol. The van der Waals surface area contributed by atoms with Crippen LogP contribution in [0.5, 0.6) is 0 Å². The molecule has 2 fully saturated rings. The van der Waals surface area contributed by atoms with Gasteiger partial charge in [0.1, 0.15) is 0 Å². The van der Waals surface area contributed by atoms with Gasteiger partial charge in [0, 0.05) is 148 Å². The van der Waals surface area contributed by atoms with Gasteiger partial charge in [-0.2, -0.15) is 25.3 Å². The summed E-state index contributed by atoms with van der Waals surface area (Å²) in [4.78, 5) is 0. The topological polar surface area (TPSA) is 111 Å². The lowest BCUT2D eigenvalue weighted by Crippen LogP contribution is -2.46. The largest absolute Gasteiger partial charge is 0.500 e. The molecule has 0 bridgehead atoms. The van der Waals surface area contributed by atoms with E-state index in [1.807, 2.05) is 84.7 Å². The van der Waals surface area contributed by atoms with Crippen LogP contribution in [0.2, 0.25) is 24.2 Å². The van der Waals surface area contributed by atoms with Crippen molar-refractivity contribution in [2.45, 2.75) is 208 Å². The van der Waals surface area contributed by atoms with E-state index in [1.54, 1.807) is 0 Å². The number of hydrogen-bond acceptors (Lipinski definition) is 20. The van der Waals surface area contributed by atoms with Crippen LogP contribution in [0.4, 0.5) is 0 Å². The fourth-order valence-electron chi connectivity index (χ4n) is 11.9. The molecule has 0 amide bonds. The quantitative estimate of drug-likeness (QED) is 0.0261. The van der Waals surface area contributed by atoms with Gasteiger partial charge >= 0.3 is 35.2 Å². The molecule has 0 aliphatic heterocycles. The summed E-state index contributed by atoms with van der Waals surface area (Å²) < 4.78 is 74.5. The maximum absolute atomic E-state index is 6.28. The lowest BCUT2D eigenvalue weighted by atomic mass is 9.70. The van der Waals surface area contributed by atoms with Crippen molar-refractivity contribution in [1.82, 2.24) is 0 Å². The molecule has 0 aromatic rings. The van der Waals surface area contributed by atoms with Crippen LogP contribution in [-0.2, 0) is 53.1 Å². The third-order valence-electron chi connectivity index (χ3n) is 15.2. The molecule has 0 N–H and O–H groups in total. The second-order valence-electron chi connectivity index (χ2n) is 20.6. The summed E-state index contributed by atoms with van der Waals surface area (Å²) >= 11 is 10.8. The predicted octanol–water partition coefficient (Wildman–Crippen LogP) is 17.1.